The van der Waals surface area contributed by atoms with Crippen LogP contribution in [0.25, 0.3) is 0 Å². The molecule has 3 saturated carbocycles. The summed E-state index contributed by atoms with van der Waals surface area (Å²) >= 11 is 0. The van der Waals surface area contributed by atoms with E-state index in [1.807, 2.05) is 12.2 Å². The predicted octanol–water partition coefficient (Wildman–Crippen LogP) is 12.0. The molecule has 2 nitrogen and oxygen atoms in total. The highest BCUT2D eigenvalue weighted by molar-refractivity contribution is 5.30. The van der Waals surface area contributed by atoms with Crippen LogP contribution in [0.2, 0.25) is 0 Å². The van der Waals surface area contributed by atoms with E-state index >= 15 is 0 Å². The standard InChI is InChI=1S/C45H70F3NO/c1-27-7-6-8-32(12-9-27)13-16-34-17-18-35(26-42(34)45(46,47)48)31(5)44(50)36-15-11-30(4)41(25-36)43(49)40-20-19-33(14-10-29(40)3)37-21-28(2)22-38-24-39(38)23-37/h17-18,20,24,27-30,32-37,39,41-44,50H,5-16,19,21-23,25-26,49H2,1-4H3. The molecule has 6 aliphatic carbocycles. The molecule has 0 radical (unpaired) electrons. The number of allylic oxidation sites excluding steroid dienone is 5. The molecule has 0 aromatic rings. The third kappa shape index (κ3) is 9.23. The van der Waals surface area contributed by atoms with Gasteiger partial charge in [-0.1, -0.05) is 108 Å². The van der Waals surface area contributed by atoms with Gasteiger partial charge in [-0.15, -0.1) is 0 Å². The summed E-state index contributed by atoms with van der Waals surface area (Å²) in [7, 11) is 0. The third-order valence-electron chi connectivity index (χ3n) is 15.3. The molecular formula is C45H70F3NO. The first-order chi connectivity index (χ1) is 23.8. The van der Waals surface area contributed by atoms with Crippen LogP contribution in [-0.4, -0.2) is 23.4 Å². The van der Waals surface area contributed by atoms with E-state index in [0.717, 1.165) is 74.5 Å². The van der Waals surface area contributed by atoms with E-state index < -0.39 is 30.0 Å². The Morgan fingerprint density at radius 3 is 2.46 bits per heavy atom. The third-order valence-corrected chi connectivity index (χ3v) is 15.3. The summed E-state index contributed by atoms with van der Waals surface area (Å²) in [5.74, 6) is 3.30. The van der Waals surface area contributed by atoms with Crippen LogP contribution < -0.4 is 5.73 Å². The van der Waals surface area contributed by atoms with E-state index in [-0.39, 0.29) is 24.3 Å². The minimum absolute atomic E-state index is 0.00927. The first kappa shape index (κ1) is 38.4. The van der Waals surface area contributed by atoms with Gasteiger partial charge in [0.05, 0.1) is 12.0 Å². The lowest BCUT2D eigenvalue weighted by Gasteiger charge is -2.42. The molecule has 15 atom stereocenters. The summed E-state index contributed by atoms with van der Waals surface area (Å²) in [6, 6.07) is -0.0339. The van der Waals surface area contributed by atoms with Crippen molar-refractivity contribution in [2.75, 3.05) is 0 Å². The van der Waals surface area contributed by atoms with E-state index in [9.17, 15) is 18.3 Å². The van der Waals surface area contributed by atoms with E-state index in [1.54, 1.807) is 5.57 Å². The SMILES string of the molecule is C=C(C1C=CC(CCC2CCCC(C)CC2)C(C(F)(F)F)C1)C(O)C1CCC(C)C(C(N)C2=CCC(C3CC(C)CC4=CC4C3)CCC2C)C1. The van der Waals surface area contributed by atoms with Gasteiger partial charge in [-0.05, 0) is 141 Å². The number of nitrogens with two attached hydrogens (primary N) is 1. The quantitative estimate of drug-likeness (QED) is 0.186. The molecule has 3 fully saturated rings. The van der Waals surface area contributed by atoms with Gasteiger partial charge in [0.15, 0.2) is 0 Å². The highest BCUT2D eigenvalue weighted by Crippen LogP contribution is 2.50. The Morgan fingerprint density at radius 2 is 1.68 bits per heavy atom. The molecule has 6 aliphatic rings. The van der Waals surface area contributed by atoms with Crippen molar-refractivity contribution in [3.8, 4) is 0 Å². The van der Waals surface area contributed by atoms with Gasteiger partial charge in [-0.2, -0.15) is 13.2 Å². The van der Waals surface area contributed by atoms with E-state index in [1.165, 1.54) is 56.9 Å². The van der Waals surface area contributed by atoms with Gasteiger partial charge in [-0.25, -0.2) is 0 Å². The normalized spacial score (nSPS) is 42.5. The highest BCUT2D eigenvalue weighted by atomic mass is 19.4. The highest BCUT2D eigenvalue weighted by Gasteiger charge is 2.47. The Bertz CT molecular complexity index is 1250. The largest absolute Gasteiger partial charge is 0.392 e. The first-order valence-corrected chi connectivity index (χ1v) is 21.1. The number of hydrogen-bond acceptors (Lipinski definition) is 2. The fourth-order valence-corrected chi connectivity index (χ4v) is 11.7. The molecule has 6 rings (SSSR count). The van der Waals surface area contributed by atoms with Crippen molar-refractivity contribution in [3.63, 3.8) is 0 Å². The molecule has 15 unspecified atom stereocenters. The van der Waals surface area contributed by atoms with Crippen molar-refractivity contribution < 1.29 is 18.3 Å². The molecule has 5 heteroatoms. The zero-order valence-electron chi connectivity index (χ0n) is 31.9. The maximum absolute atomic E-state index is 14.5. The smallest absolute Gasteiger partial charge is 0.388 e. The molecule has 0 aromatic heterocycles. The van der Waals surface area contributed by atoms with Crippen LogP contribution in [0, 0.1) is 76.9 Å². The first-order valence-electron chi connectivity index (χ1n) is 21.1. The Balaban J connectivity index is 1.07. The lowest BCUT2D eigenvalue weighted by atomic mass is 9.65. The molecular weight excluding hydrogens is 627 g/mol. The zero-order valence-corrected chi connectivity index (χ0v) is 31.9. The second-order valence-corrected chi connectivity index (χ2v) is 18.9. The summed E-state index contributed by atoms with van der Waals surface area (Å²) in [6.45, 7) is 13.7. The lowest BCUT2D eigenvalue weighted by molar-refractivity contribution is -0.190. The van der Waals surface area contributed by atoms with Gasteiger partial charge < -0.3 is 10.8 Å². The van der Waals surface area contributed by atoms with Crippen LogP contribution in [0.3, 0.4) is 0 Å². The molecule has 0 aliphatic heterocycles. The summed E-state index contributed by atoms with van der Waals surface area (Å²) in [6.07, 6.45) is 21.5. The van der Waals surface area contributed by atoms with Crippen molar-refractivity contribution in [1.82, 2.24) is 0 Å². The number of rotatable bonds is 9. The van der Waals surface area contributed by atoms with Gasteiger partial charge in [0.25, 0.3) is 0 Å². The van der Waals surface area contributed by atoms with Crippen LogP contribution in [0.1, 0.15) is 137 Å². The number of alkyl halides is 3. The number of aliphatic hydroxyl groups excluding tert-OH is 1. The molecule has 0 saturated heterocycles. The van der Waals surface area contributed by atoms with E-state index in [2.05, 4.69) is 46.4 Å². The average Bonchev–Trinajstić information content (AvgIpc) is 3.88. The van der Waals surface area contributed by atoms with Crippen molar-refractivity contribution in [2.45, 2.75) is 155 Å². The van der Waals surface area contributed by atoms with Crippen molar-refractivity contribution in [2.24, 2.45) is 82.7 Å². The van der Waals surface area contributed by atoms with Crippen LogP contribution in [-0.2, 0) is 0 Å². The van der Waals surface area contributed by atoms with Gasteiger partial charge in [-0.3, -0.25) is 0 Å². The van der Waals surface area contributed by atoms with Crippen LogP contribution in [0.5, 0.6) is 0 Å². The van der Waals surface area contributed by atoms with Gasteiger partial charge in [0, 0.05) is 12.0 Å². The van der Waals surface area contributed by atoms with Crippen LogP contribution in [0.4, 0.5) is 13.2 Å². The van der Waals surface area contributed by atoms with Gasteiger partial charge >= 0.3 is 6.18 Å². The zero-order chi connectivity index (χ0) is 35.7. The monoisotopic (exact) mass is 698 g/mol. The molecule has 0 aromatic carbocycles. The predicted molar refractivity (Wildman–Crippen MR) is 201 cm³/mol. The minimum atomic E-state index is -4.25. The summed E-state index contributed by atoms with van der Waals surface area (Å²) in [4.78, 5) is 0. The Hall–Kier alpha value is -1.33. The second kappa shape index (κ2) is 16.4. The second-order valence-electron chi connectivity index (χ2n) is 18.9. The molecule has 0 bridgehead atoms. The average molecular weight is 698 g/mol. The molecule has 0 amide bonds. The van der Waals surface area contributed by atoms with Crippen molar-refractivity contribution in [3.05, 3.63) is 47.6 Å². The topological polar surface area (TPSA) is 46.2 Å². The number of aliphatic hydroxyl groups is 1. The number of halogens is 3. The van der Waals surface area contributed by atoms with E-state index in [0.29, 0.717) is 29.7 Å². The maximum atomic E-state index is 14.5. The van der Waals surface area contributed by atoms with Crippen LogP contribution >= 0.6 is 0 Å². The molecule has 50 heavy (non-hydrogen) atoms. The fourth-order valence-electron chi connectivity index (χ4n) is 11.7. The van der Waals surface area contributed by atoms with Crippen molar-refractivity contribution >= 4 is 0 Å². The van der Waals surface area contributed by atoms with Gasteiger partial charge in [0.2, 0.25) is 0 Å². The molecule has 282 valence electrons. The van der Waals surface area contributed by atoms with E-state index in [4.69, 9.17) is 5.73 Å². The lowest BCUT2D eigenvalue weighted by Crippen LogP contribution is -2.43. The maximum Gasteiger partial charge on any atom is 0.392 e. The Kier molecular flexibility index (Phi) is 12.6. The summed E-state index contributed by atoms with van der Waals surface area (Å²) in [5.41, 5.74) is 10.9. The molecule has 0 heterocycles. The summed E-state index contributed by atoms with van der Waals surface area (Å²) < 4.78 is 43.6. The van der Waals surface area contributed by atoms with Gasteiger partial charge in [0.1, 0.15) is 0 Å². The minimum Gasteiger partial charge on any atom is -0.388 e. The fraction of sp³-hybridized carbons (Fsp3) is 0.822. The molecule has 3 N–H and O–H groups in total. The summed E-state index contributed by atoms with van der Waals surface area (Å²) in [5, 5.41) is 11.7. The van der Waals surface area contributed by atoms with Crippen molar-refractivity contribution in [1.29, 1.82) is 0 Å². The molecule has 0 spiro atoms. The Labute approximate surface area is 303 Å². The Morgan fingerprint density at radius 1 is 0.880 bits per heavy atom. The number of fused-ring (bicyclic) bond motifs is 1. The van der Waals surface area contributed by atoms with Crippen LogP contribution in [0.15, 0.2) is 47.6 Å². The number of hydrogen-bond donors (Lipinski definition) is 2.